The summed E-state index contributed by atoms with van der Waals surface area (Å²) in [5, 5.41) is 3.61. The van der Waals surface area contributed by atoms with Gasteiger partial charge in [0, 0.05) is 21.8 Å². The first-order valence-electron chi connectivity index (χ1n) is 8.64. The van der Waals surface area contributed by atoms with Gasteiger partial charge in [-0.25, -0.2) is 4.98 Å². The van der Waals surface area contributed by atoms with Crippen LogP contribution in [0.15, 0.2) is 60.7 Å². The molecule has 4 rings (SSSR count). The predicted molar refractivity (Wildman–Crippen MR) is 110 cm³/mol. The lowest BCUT2D eigenvalue weighted by Crippen LogP contribution is -2.11. The van der Waals surface area contributed by atoms with E-state index in [4.69, 9.17) is 11.6 Å². The van der Waals surface area contributed by atoms with Crippen molar-refractivity contribution in [1.29, 1.82) is 0 Å². The topological polar surface area (TPSA) is 57.8 Å². The van der Waals surface area contributed by atoms with E-state index in [2.05, 4.69) is 15.3 Å². The largest absolute Gasteiger partial charge is 0.338 e. The summed E-state index contributed by atoms with van der Waals surface area (Å²) in [5.74, 6) is 0.639. The fourth-order valence-electron chi connectivity index (χ4n) is 2.90. The van der Waals surface area contributed by atoms with E-state index in [1.807, 2.05) is 74.5 Å². The fourth-order valence-corrected chi connectivity index (χ4v) is 3.05. The SMILES string of the molecule is Cc1ccc(C(=O)Nc2ccc(-c3nc4cc(Cl)c(C)cc4[nH]3)cc2)cc1. The van der Waals surface area contributed by atoms with E-state index in [-0.39, 0.29) is 5.91 Å². The maximum absolute atomic E-state index is 12.3. The molecule has 1 aromatic heterocycles. The molecule has 0 saturated carbocycles. The van der Waals surface area contributed by atoms with E-state index in [0.717, 1.165) is 39.2 Å². The van der Waals surface area contributed by atoms with E-state index in [1.165, 1.54) is 0 Å². The molecule has 2 N–H and O–H groups in total. The number of carbonyl (C=O) groups excluding carboxylic acids is 1. The van der Waals surface area contributed by atoms with Gasteiger partial charge in [0.15, 0.2) is 0 Å². The minimum Gasteiger partial charge on any atom is -0.338 e. The van der Waals surface area contributed by atoms with Crippen LogP contribution in [0, 0.1) is 13.8 Å². The monoisotopic (exact) mass is 375 g/mol. The number of rotatable bonds is 3. The van der Waals surface area contributed by atoms with E-state index in [0.29, 0.717) is 10.6 Å². The molecule has 1 amide bonds. The maximum atomic E-state index is 12.3. The summed E-state index contributed by atoms with van der Waals surface area (Å²) < 4.78 is 0. The van der Waals surface area contributed by atoms with Gasteiger partial charge in [0.2, 0.25) is 0 Å². The first kappa shape index (κ1) is 17.3. The van der Waals surface area contributed by atoms with Crippen LogP contribution in [-0.2, 0) is 0 Å². The van der Waals surface area contributed by atoms with Crippen LogP contribution in [-0.4, -0.2) is 15.9 Å². The first-order valence-corrected chi connectivity index (χ1v) is 9.02. The smallest absolute Gasteiger partial charge is 0.255 e. The first-order chi connectivity index (χ1) is 13.0. The minimum absolute atomic E-state index is 0.128. The number of amides is 1. The Morgan fingerprint density at radius 3 is 2.41 bits per heavy atom. The number of H-pyrrole nitrogens is 1. The van der Waals surface area contributed by atoms with Gasteiger partial charge in [-0.2, -0.15) is 0 Å². The summed E-state index contributed by atoms with van der Waals surface area (Å²) >= 11 is 6.18. The Bertz CT molecular complexity index is 1090. The van der Waals surface area contributed by atoms with Crippen LogP contribution >= 0.6 is 11.6 Å². The molecule has 4 nitrogen and oxygen atoms in total. The Kier molecular flexibility index (Phi) is 4.42. The lowest BCUT2D eigenvalue weighted by atomic mass is 10.1. The van der Waals surface area contributed by atoms with Crippen molar-refractivity contribution in [2.45, 2.75) is 13.8 Å². The molecule has 27 heavy (non-hydrogen) atoms. The molecular weight excluding hydrogens is 358 g/mol. The number of nitrogens with one attached hydrogen (secondary N) is 2. The van der Waals surface area contributed by atoms with Crippen molar-refractivity contribution in [2.24, 2.45) is 0 Å². The standard InChI is InChI=1S/C22H18ClN3O/c1-13-3-5-16(6-4-13)22(27)24-17-9-7-15(8-10-17)21-25-19-11-14(2)18(23)12-20(19)26-21/h3-12H,1-2H3,(H,24,27)(H,25,26). The van der Waals surface area contributed by atoms with Crippen LogP contribution in [0.25, 0.3) is 22.4 Å². The van der Waals surface area contributed by atoms with Gasteiger partial charge in [0.25, 0.3) is 5.91 Å². The molecule has 0 radical (unpaired) electrons. The highest BCUT2D eigenvalue weighted by Gasteiger charge is 2.09. The highest BCUT2D eigenvalue weighted by molar-refractivity contribution is 6.32. The van der Waals surface area contributed by atoms with Crippen LogP contribution in [0.4, 0.5) is 5.69 Å². The Balaban J connectivity index is 1.55. The van der Waals surface area contributed by atoms with Gasteiger partial charge in [-0.15, -0.1) is 0 Å². The zero-order chi connectivity index (χ0) is 19.0. The molecule has 5 heteroatoms. The third kappa shape index (κ3) is 3.57. The van der Waals surface area contributed by atoms with Gasteiger partial charge in [-0.1, -0.05) is 29.3 Å². The van der Waals surface area contributed by atoms with Crippen molar-refractivity contribution in [3.8, 4) is 11.4 Å². The molecule has 0 aliphatic heterocycles. The van der Waals surface area contributed by atoms with Gasteiger partial charge < -0.3 is 10.3 Å². The molecule has 134 valence electrons. The Morgan fingerprint density at radius 2 is 1.70 bits per heavy atom. The molecule has 0 unspecified atom stereocenters. The van der Waals surface area contributed by atoms with Gasteiger partial charge in [0.05, 0.1) is 11.0 Å². The van der Waals surface area contributed by atoms with Gasteiger partial charge >= 0.3 is 0 Å². The number of imidazole rings is 1. The number of aryl methyl sites for hydroxylation is 2. The molecule has 4 aromatic rings. The molecular formula is C22H18ClN3O. The summed E-state index contributed by atoms with van der Waals surface area (Å²) in [6.07, 6.45) is 0. The number of hydrogen-bond donors (Lipinski definition) is 2. The second-order valence-electron chi connectivity index (χ2n) is 6.60. The zero-order valence-corrected chi connectivity index (χ0v) is 15.8. The van der Waals surface area contributed by atoms with E-state index in [9.17, 15) is 4.79 Å². The average molecular weight is 376 g/mol. The summed E-state index contributed by atoms with van der Waals surface area (Å²) in [6, 6.07) is 18.9. The van der Waals surface area contributed by atoms with Crippen molar-refractivity contribution in [3.63, 3.8) is 0 Å². The molecule has 0 fully saturated rings. The Hall–Kier alpha value is -3.11. The number of fused-ring (bicyclic) bond motifs is 1. The van der Waals surface area contributed by atoms with Crippen molar-refractivity contribution in [2.75, 3.05) is 5.32 Å². The maximum Gasteiger partial charge on any atom is 0.255 e. The molecule has 0 saturated heterocycles. The fraction of sp³-hybridized carbons (Fsp3) is 0.0909. The summed E-state index contributed by atoms with van der Waals surface area (Å²) in [5.41, 5.74) is 6.22. The minimum atomic E-state index is -0.128. The van der Waals surface area contributed by atoms with Crippen molar-refractivity contribution in [1.82, 2.24) is 9.97 Å². The number of aromatic amines is 1. The molecule has 1 heterocycles. The highest BCUT2D eigenvalue weighted by Crippen LogP contribution is 2.26. The summed E-state index contributed by atoms with van der Waals surface area (Å²) in [7, 11) is 0. The molecule has 0 atom stereocenters. The predicted octanol–water partition coefficient (Wildman–Crippen LogP) is 5.75. The number of anilines is 1. The number of nitrogens with zero attached hydrogens (tertiary/aromatic N) is 1. The quantitative estimate of drug-likeness (QED) is 0.478. The second-order valence-corrected chi connectivity index (χ2v) is 7.01. The molecule has 3 aromatic carbocycles. The van der Waals surface area contributed by atoms with Crippen molar-refractivity contribution < 1.29 is 4.79 Å². The molecule has 0 spiro atoms. The molecule has 0 bridgehead atoms. The van der Waals surface area contributed by atoms with Gasteiger partial charge in [-0.05, 0) is 67.9 Å². The van der Waals surface area contributed by atoms with E-state index < -0.39 is 0 Å². The number of carbonyl (C=O) groups is 1. The third-order valence-corrected chi connectivity index (χ3v) is 4.90. The van der Waals surface area contributed by atoms with E-state index in [1.54, 1.807) is 0 Å². The van der Waals surface area contributed by atoms with E-state index >= 15 is 0 Å². The zero-order valence-electron chi connectivity index (χ0n) is 15.0. The third-order valence-electron chi connectivity index (χ3n) is 4.49. The van der Waals surface area contributed by atoms with Crippen molar-refractivity contribution >= 4 is 34.2 Å². The van der Waals surface area contributed by atoms with Crippen LogP contribution in [0.1, 0.15) is 21.5 Å². The lowest BCUT2D eigenvalue weighted by Gasteiger charge is -2.06. The molecule has 0 aliphatic carbocycles. The molecule has 0 aliphatic rings. The normalized spacial score (nSPS) is 10.9. The van der Waals surface area contributed by atoms with Gasteiger partial charge in [0.1, 0.15) is 5.82 Å². The number of hydrogen-bond acceptors (Lipinski definition) is 2. The Labute approximate surface area is 162 Å². The highest BCUT2D eigenvalue weighted by atomic mass is 35.5. The van der Waals surface area contributed by atoms with Crippen LogP contribution in [0.2, 0.25) is 5.02 Å². The average Bonchev–Trinajstić information content (AvgIpc) is 3.06. The van der Waals surface area contributed by atoms with Crippen LogP contribution < -0.4 is 5.32 Å². The lowest BCUT2D eigenvalue weighted by molar-refractivity contribution is 0.102. The number of aromatic nitrogens is 2. The van der Waals surface area contributed by atoms with Crippen molar-refractivity contribution in [3.05, 3.63) is 82.4 Å². The Morgan fingerprint density at radius 1 is 1.00 bits per heavy atom. The number of halogens is 1. The van der Waals surface area contributed by atoms with Crippen LogP contribution in [0.5, 0.6) is 0 Å². The second kappa shape index (κ2) is 6.89. The number of benzene rings is 3. The summed E-state index contributed by atoms with van der Waals surface area (Å²) in [6.45, 7) is 3.96. The summed E-state index contributed by atoms with van der Waals surface area (Å²) in [4.78, 5) is 20.2. The van der Waals surface area contributed by atoms with Gasteiger partial charge in [-0.3, -0.25) is 4.79 Å². The van der Waals surface area contributed by atoms with Crippen LogP contribution in [0.3, 0.4) is 0 Å².